The van der Waals surface area contributed by atoms with Gasteiger partial charge in [0.05, 0.1) is 17.5 Å². The summed E-state index contributed by atoms with van der Waals surface area (Å²) < 4.78 is 2.27. The normalized spacial score (nSPS) is 12.9. The van der Waals surface area contributed by atoms with Gasteiger partial charge in [-0.15, -0.1) is 0 Å². The molecule has 3 aromatic rings. The van der Waals surface area contributed by atoms with Gasteiger partial charge in [-0.2, -0.15) is 0 Å². The number of amides is 1. The van der Waals surface area contributed by atoms with E-state index in [4.69, 9.17) is 0 Å². The second-order valence-corrected chi connectivity index (χ2v) is 5.59. The number of hydrogen-bond donors (Lipinski definition) is 1. The molecular formula is C18H16N4O. The number of benzene rings is 1. The van der Waals surface area contributed by atoms with Crippen LogP contribution < -0.4 is 5.32 Å². The van der Waals surface area contributed by atoms with Crippen molar-refractivity contribution < 1.29 is 4.79 Å². The van der Waals surface area contributed by atoms with E-state index in [-0.39, 0.29) is 5.91 Å². The maximum absolute atomic E-state index is 12.1. The van der Waals surface area contributed by atoms with Crippen LogP contribution in [0.1, 0.15) is 22.6 Å². The lowest BCUT2D eigenvalue weighted by atomic mass is 10.1. The molecular weight excluding hydrogens is 288 g/mol. The highest BCUT2D eigenvalue weighted by Crippen LogP contribution is 2.26. The summed E-state index contributed by atoms with van der Waals surface area (Å²) in [5.41, 5.74) is 3.57. The Morgan fingerprint density at radius 3 is 2.78 bits per heavy atom. The van der Waals surface area contributed by atoms with Crippen LogP contribution in [0.4, 0.5) is 5.69 Å². The molecule has 0 radical (unpaired) electrons. The summed E-state index contributed by atoms with van der Waals surface area (Å²) in [6, 6.07) is 11.4. The van der Waals surface area contributed by atoms with Crippen LogP contribution in [0.25, 0.3) is 11.3 Å². The highest BCUT2D eigenvalue weighted by molar-refractivity contribution is 6.04. The van der Waals surface area contributed by atoms with Gasteiger partial charge in [-0.25, -0.2) is 4.98 Å². The predicted octanol–water partition coefficient (Wildman–Crippen LogP) is 3.14. The number of nitrogens with one attached hydrogen (secondary N) is 1. The summed E-state index contributed by atoms with van der Waals surface area (Å²) in [7, 11) is 0. The molecule has 1 amide bonds. The number of carbonyl (C=O) groups excluding carboxylic acids is 1. The van der Waals surface area contributed by atoms with Crippen LogP contribution in [0.3, 0.4) is 0 Å². The van der Waals surface area contributed by atoms with E-state index >= 15 is 0 Å². The minimum atomic E-state index is -0.156. The molecule has 0 bridgehead atoms. The number of pyridine rings is 1. The van der Waals surface area contributed by atoms with Gasteiger partial charge < -0.3 is 9.88 Å². The summed E-state index contributed by atoms with van der Waals surface area (Å²) in [4.78, 5) is 20.5. The van der Waals surface area contributed by atoms with E-state index in [9.17, 15) is 4.79 Å². The standard InChI is InChI=1S/C18H16N4O/c23-18(14-3-1-9-19-11-14)21-15-7-5-13(6-8-15)16-12-20-17-4-2-10-22(16)17/h1,3,5-9,11-12H,2,4,10H2,(H,21,23). The number of imidazole rings is 1. The fraction of sp³-hybridized carbons (Fsp3) is 0.167. The average Bonchev–Trinajstić information content (AvgIpc) is 3.20. The second kappa shape index (κ2) is 5.68. The summed E-state index contributed by atoms with van der Waals surface area (Å²) in [6.45, 7) is 1.03. The third kappa shape index (κ3) is 2.61. The van der Waals surface area contributed by atoms with Gasteiger partial charge in [-0.1, -0.05) is 12.1 Å². The lowest BCUT2D eigenvalue weighted by molar-refractivity contribution is 0.102. The number of hydrogen-bond acceptors (Lipinski definition) is 3. The van der Waals surface area contributed by atoms with Crippen molar-refractivity contribution in [1.82, 2.24) is 14.5 Å². The Morgan fingerprint density at radius 1 is 1.13 bits per heavy atom. The van der Waals surface area contributed by atoms with Crippen LogP contribution in [-0.2, 0) is 13.0 Å². The molecule has 5 nitrogen and oxygen atoms in total. The Bertz CT molecular complexity index is 837. The van der Waals surface area contributed by atoms with E-state index in [0.717, 1.165) is 42.2 Å². The SMILES string of the molecule is O=C(Nc1ccc(-c2cnc3n2CCC3)cc1)c1cccnc1. The molecule has 5 heteroatoms. The first kappa shape index (κ1) is 13.7. The first-order chi connectivity index (χ1) is 11.3. The molecule has 1 aliphatic rings. The molecule has 1 aromatic carbocycles. The summed E-state index contributed by atoms with van der Waals surface area (Å²) in [5, 5.41) is 2.88. The third-order valence-corrected chi connectivity index (χ3v) is 4.08. The third-order valence-electron chi connectivity index (χ3n) is 4.08. The fourth-order valence-corrected chi connectivity index (χ4v) is 2.91. The Hall–Kier alpha value is -2.95. The van der Waals surface area contributed by atoms with Gasteiger partial charge in [0.2, 0.25) is 0 Å². The van der Waals surface area contributed by atoms with Crippen molar-refractivity contribution in [2.45, 2.75) is 19.4 Å². The van der Waals surface area contributed by atoms with Crippen LogP contribution in [-0.4, -0.2) is 20.4 Å². The Balaban J connectivity index is 1.53. The van der Waals surface area contributed by atoms with Crippen LogP contribution in [0.5, 0.6) is 0 Å². The first-order valence-electron chi connectivity index (χ1n) is 7.67. The monoisotopic (exact) mass is 304 g/mol. The maximum atomic E-state index is 12.1. The quantitative estimate of drug-likeness (QED) is 0.808. The van der Waals surface area contributed by atoms with Gasteiger partial charge in [0.1, 0.15) is 5.82 Å². The summed E-state index contributed by atoms with van der Waals surface area (Å²) >= 11 is 0. The van der Waals surface area contributed by atoms with Crippen LogP contribution in [0, 0.1) is 0 Å². The summed E-state index contributed by atoms with van der Waals surface area (Å²) in [5.74, 6) is 1.00. The number of anilines is 1. The number of aryl methyl sites for hydroxylation is 1. The molecule has 0 spiro atoms. The zero-order chi connectivity index (χ0) is 15.6. The van der Waals surface area contributed by atoms with E-state index in [1.165, 1.54) is 0 Å². The van der Waals surface area contributed by atoms with E-state index < -0.39 is 0 Å². The Morgan fingerprint density at radius 2 is 2.00 bits per heavy atom. The fourth-order valence-electron chi connectivity index (χ4n) is 2.91. The molecule has 1 N–H and O–H groups in total. The van der Waals surface area contributed by atoms with E-state index in [1.807, 2.05) is 30.5 Å². The van der Waals surface area contributed by atoms with Gasteiger partial charge in [0.15, 0.2) is 0 Å². The van der Waals surface area contributed by atoms with Gasteiger partial charge in [-0.3, -0.25) is 9.78 Å². The smallest absolute Gasteiger partial charge is 0.257 e. The minimum absolute atomic E-state index is 0.156. The lowest BCUT2D eigenvalue weighted by Crippen LogP contribution is -2.11. The van der Waals surface area contributed by atoms with Crippen molar-refractivity contribution in [3.8, 4) is 11.3 Å². The lowest BCUT2D eigenvalue weighted by Gasteiger charge is -2.08. The molecule has 0 fully saturated rings. The van der Waals surface area contributed by atoms with Gasteiger partial charge in [0.25, 0.3) is 5.91 Å². The molecule has 1 aliphatic heterocycles. The largest absolute Gasteiger partial charge is 0.328 e. The van der Waals surface area contributed by atoms with Gasteiger partial charge in [0, 0.05) is 31.0 Å². The summed E-state index contributed by atoms with van der Waals surface area (Å²) in [6.07, 6.45) is 7.35. The van der Waals surface area contributed by atoms with Crippen molar-refractivity contribution in [2.24, 2.45) is 0 Å². The number of aromatic nitrogens is 3. The average molecular weight is 304 g/mol. The molecule has 2 aromatic heterocycles. The van der Waals surface area contributed by atoms with Crippen molar-refractivity contribution in [2.75, 3.05) is 5.32 Å². The number of fused-ring (bicyclic) bond motifs is 1. The van der Waals surface area contributed by atoms with Crippen molar-refractivity contribution >= 4 is 11.6 Å². The van der Waals surface area contributed by atoms with E-state index in [1.54, 1.807) is 24.5 Å². The van der Waals surface area contributed by atoms with Crippen molar-refractivity contribution in [1.29, 1.82) is 0 Å². The van der Waals surface area contributed by atoms with Crippen LogP contribution in [0.2, 0.25) is 0 Å². The van der Waals surface area contributed by atoms with Crippen LogP contribution in [0.15, 0.2) is 55.0 Å². The zero-order valence-electron chi connectivity index (χ0n) is 12.6. The highest BCUT2D eigenvalue weighted by atomic mass is 16.1. The first-order valence-corrected chi connectivity index (χ1v) is 7.67. The van der Waals surface area contributed by atoms with Gasteiger partial charge in [-0.05, 0) is 36.2 Å². The van der Waals surface area contributed by atoms with Crippen LogP contribution >= 0.6 is 0 Å². The second-order valence-electron chi connectivity index (χ2n) is 5.59. The van der Waals surface area contributed by atoms with E-state index in [2.05, 4.69) is 19.9 Å². The van der Waals surface area contributed by atoms with Crippen molar-refractivity contribution in [3.05, 3.63) is 66.4 Å². The number of rotatable bonds is 3. The number of carbonyl (C=O) groups is 1. The number of nitrogens with zero attached hydrogens (tertiary/aromatic N) is 3. The molecule has 4 rings (SSSR count). The molecule has 114 valence electrons. The van der Waals surface area contributed by atoms with Gasteiger partial charge >= 0.3 is 0 Å². The molecule has 0 unspecified atom stereocenters. The molecule has 23 heavy (non-hydrogen) atoms. The predicted molar refractivity (Wildman–Crippen MR) is 88.2 cm³/mol. The maximum Gasteiger partial charge on any atom is 0.257 e. The molecule has 0 atom stereocenters. The molecule has 3 heterocycles. The Kier molecular flexibility index (Phi) is 3.38. The Labute approximate surface area is 134 Å². The zero-order valence-corrected chi connectivity index (χ0v) is 12.6. The molecule has 0 saturated carbocycles. The minimum Gasteiger partial charge on any atom is -0.328 e. The molecule has 0 aliphatic carbocycles. The highest BCUT2D eigenvalue weighted by Gasteiger charge is 2.16. The molecule has 0 saturated heterocycles. The van der Waals surface area contributed by atoms with Crippen molar-refractivity contribution in [3.63, 3.8) is 0 Å². The topological polar surface area (TPSA) is 59.8 Å². The van der Waals surface area contributed by atoms with E-state index in [0.29, 0.717) is 5.56 Å².